The van der Waals surface area contributed by atoms with Crippen molar-refractivity contribution < 1.29 is 13.6 Å². The van der Waals surface area contributed by atoms with E-state index in [2.05, 4.69) is 15.3 Å². The fraction of sp³-hybridized carbons (Fsp3) is 0.0833. The van der Waals surface area contributed by atoms with Crippen molar-refractivity contribution >= 4 is 11.6 Å². The molecule has 0 radical (unpaired) electrons. The molecule has 0 saturated heterocycles. The van der Waals surface area contributed by atoms with Gasteiger partial charge in [-0.2, -0.15) is 0 Å². The van der Waals surface area contributed by atoms with Gasteiger partial charge in [0, 0.05) is 12.3 Å². The molecule has 18 heavy (non-hydrogen) atoms. The lowest BCUT2D eigenvalue weighted by molar-refractivity contribution is 0.102. The standard InChI is InChI=1S/C12H9F2N3O/c1-7-5-16-11(6-15-7)12(18)17-10-4-8(13)2-3-9(10)14/h2-6H,1H3,(H,17,18). The van der Waals surface area contributed by atoms with Gasteiger partial charge in [0.1, 0.15) is 17.3 Å². The van der Waals surface area contributed by atoms with E-state index in [1.54, 1.807) is 6.92 Å². The SMILES string of the molecule is Cc1cnc(C(=O)Nc2cc(F)ccc2F)cn1. The number of carbonyl (C=O) groups excluding carboxylic acids is 1. The van der Waals surface area contributed by atoms with Gasteiger partial charge in [0.05, 0.1) is 17.6 Å². The average molecular weight is 249 g/mol. The summed E-state index contributed by atoms with van der Waals surface area (Å²) in [5.41, 5.74) is 0.454. The molecule has 1 amide bonds. The Hall–Kier alpha value is -2.37. The zero-order valence-corrected chi connectivity index (χ0v) is 9.45. The van der Waals surface area contributed by atoms with Gasteiger partial charge >= 0.3 is 0 Å². The molecule has 0 unspecified atom stereocenters. The Morgan fingerprint density at radius 1 is 1.22 bits per heavy atom. The molecule has 6 heteroatoms. The van der Waals surface area contributed by atoms with Crippen molar-refractivity contribution in [3.05, 3.63) is 53.6 Å². The van der Waals surface area contributed by atoms with Gasteiger partial charge in [0.15, 0.2) is 0 Å². The highest BCUT2D eigenvalue weighted by Crippen LogP contribution is 2.15. The smallest absolute Gasteiger partial charge is 0.275 e. The first kappa shape index (κ1) is 12.1. The first-order chi connectivity index (χ1) is 8.56. The quantitative estimate of drug-likeness (QED) is 0.888. The zero-order valence-electron chi connectivity index (χ0n) is 9.45. The fourth-order valence-electron chi connectivity index (χ4n) is 1.29. The molecule has 0 bridgehead atoms. The van der Waals surface area contributed by atoms with Gasteiger partial charge in [-0.05, 0) is 19.1 Å². The molecule has 0 aliphatic heterocycles. The van der Waals surface area contributed by atoms with Crippen LogP contribution in [0.15, 0.2) is 30.6 Å². The first-order valence-corrected chi connectivity index (χ1v) is 5.11. The van der Waals surface area contributed by atoms with Gasteiger partial charge in [-0.3, -0.25) is 9.78 Å². The minimum atomic E-state index is -0.718. The van der Waals surface area contributed by atoms with Crippen LogP contribution in [0.25, 0.3) is 0 Å². The third-order valence-corrected chi connectivity index (χ3v) is 2.19. The number of hydrogen-bond acceptors (Lipinski definition) is 3. The molecule has 1 N–H and O–H groups in total. The third kappa shape index (κ3) is 2.65. The van der Waals surface area contributed by atoms with E-state index in [1.807, 2.05) is 0 Å². The molecular weight excluding hydrogens is 240 g/mol. The summed E-state index contributed by atoms with van der Waals surface area (Å²) in [5, 5.41) is 2.23. The molecule has 1 aromatic heterocycles. The van der Waals surface area contributed by atoms with Gasteiger partial charge in [-0.25, -0.2) is 13.8 Å². The topological polar surface area (TPSA) is 54.9 Å². The number of nitrogens with zero attached hydrogens (tertiary/aromatic N) is 2. The molecule has 1 heterocycles. The number of anilines is 1. The van der Waals surface area contributed by atoms with Crippen LogP contribution >= 0.6 is 0 Å². The van der Waals surface area contributed by atoms with E-state index in [0.29, 0.717) is 5.69 Å². The summed E-state index contributed by atoms with van der Waals surface area (Å²) in [7, 11) is 0. The molecule has 0 spiro atoms. The molecule has 0 aliphatic rings. The van der Waals surface area contributed by atoms with E-state index in [1.165, 1.54) is 12.4 Å². The second-order valence-electron chi connectivity index (χ2n) is 3.62. The Balaban J connectivity index is 2.21. The second-order valence-corrected chi connectivity index (χ2v) is 3.62. The molecule has 0 atom stereocenters. The zero-order chi connectivity index (χ0) is 13.1. The third-order valence-electron chi connectivity index (χ3n) is 2.19. The van der Waals surface area contributed by atoms with Crippen LogP contribution in [0.1, 0.15) is 16.2 Å². The Labute approximate surface area is 102 Å². The molecule has 92 valence electrons. The number of aryl methyl sites for hydroxylation is 1. The number of aromatic nitrogens is 2. The van der Waals surface area contributed by atoms with Crippen molar-refractivity contribution in [1.82, 2.24) is 9.97 Å². The highest BCUT2D eigenvalue weighted by atomic mass is 19.1. The Morgan fingerprint density at radius 2 is 2.00 bits per heavy atom. The maximum atomic E-state index is 13.3. The van der Waals surface area contributed by atoms with Crippen molar-refractivity contribution in [3.63, 3.8) is 0 Å². The number of benzene rings is 1. The summed E-state index contributed by atoms with van der Waals surface area (Å²) >= 11 is 0. The van der Waals surface area contributed by atoms with E-state index in [-0.39, 0.29) is 11.4 Å². The lowest BCUT2D eigenvalue weighted by Crippen LogP contribution is -2.15. The van der Waals surface area contributed by atoms with Crippen LogP contribution in [0, 0.1) is 18.6 Å². The molecular formula is C12H9F2N3O. The Morgan fingerprint density at radius 3 is 2.67 bits per heavy atom. The van der Waals surface area contributed by atoms with Crippen LogP contribution in [0.2, 0.25) is 0 Å². The molecule has 0 fully saturated rings. The lowest BCUT2D eigenvalue weighted by Gasteiger charge is -2.05. The Kier molecular flexibility index (Phi) is 3.27. The van der Waals surface area contributed by atoms with Crippen molar-refractivity contribution in [2.45, 2.75) is 6.92 Å². The van der Waals surface area contributed by atoms with Crippen LogP contribution in [0.3, 0.4) is 0 Å². The second kappa shape index (κ2) is 4.87. The summed E-state index contributed by atoms with van der Waals surface area (Å²) in [6.07, 6.45) is 2.68. The number of carbonyl (C=O) groups is 1. The number of rotatable bonds is 2. The van der Waals surface area contributed by atoms with Crippen LogP contribution in [0.5, 0.6) is 0 Å². The van der Waals surface area contributed by atoms with Gasteiger partial charge < -0.3 is 5.32 Å². The van der Waals surface area contributed by atoms with Gasteiger partial charge in [0.2, 0.25) is 0 Å². The van der Waals surface area contributed by atoms with Crippen molar-refractivity contribution in [2.75, 3.05) is 5.32 Å². The first-order valence-electron chi connectivity index (χ1n) is 5.11. The summed E-state index contributed by atoms with van der Waals surface area (Å²) in [6.45, 7) is 1.72. The van der Waals surface area contributed by atoms with Crippen LogP contribution < -0.4 is 5.32 Å². The predicted octanol–water partition coefficient (Wildman–Crippen LogP) is 2.32. The van der Waals surface area contributed by atoms with E-state index in [0.717, 1.165) is 18.2 Å². The number of halogens is 2. The lowest BCUT2D eigenvalue weighted by atomic mass is 10.3. The maximum absolute atomic E-state index is 13.3. The van der Waals surface area contributed by atoms with Crippen LogP contribution in [0.4, 0.5) is 14.5 Å². The Bertz CT molecular complexity index is 584. The van der Waals surface area contributed by atoms with Crippen LogP contribution in [-0.4, -0.2) is 15.9 Å². The summed E-state index contributed by atoms with van der Waals surface area (Å²) in [4.78, 5) is 19.4. The normalized spacial score (nSPS) is 10.2. The van der Waals surface area contributed by atoms with Gasteiger partial charge in [0.25, 0.3) is 5.91 Å². The molecule has 0 saturated carbocycles. The van der Waals surface area contributed by atoms with Crippen molar-refractivity contribution in [2.24, 2.45) is 0 Å². The van der Waals surface area contributed by atoms with Crippen molar-refractivity contribution in [1.29, 1.82) is 0 Å². The molecule has 1 aromatic carbocycles. The van der Waals surface area contributed by atoms with E-state index in [9.17, 15) is 13.6 Å². The van der Waals surface area contributed by atoms with Gasteiger partial charge in [-0.1, -0.05) is 0 Å². The van der Waals surface area contributed by atoms with E-state index in [4.69, 9.17) is 0 Å². The van der Waals surface area contributed by atoms with Crippen LogP contribution in [-0.2, 0) is 0 Å². The molecule has 4 nitrogen and oxygen atoms in total. The van der Waals surface area contributed by atoms with Gasteiger partial charge in [-0.15, -0.1) is 0 Å². The largest absolute Gasteiger partial charge is 0.318 e. The van der Waals surface area contributed by atoms with Crippen molar-refractivity contribution in [3.8, 4) is 0 Å². The highest BCUT2D eigenvalue weighted by molar-refractivity contribution is 6.02. The predicted molar refractivity (Wildman–Crippen MR) is 61.1 cm³/mol. The summed E-state index contributed by atoms with van der Waals surface area (Å²) < 4.78 is 26.2. The average Bonchev–Trinajstić information content (AvgIpc) is 2.34. The number of nitrogens with one attached hydrogen (secondary N) is 1. The number of hydrogen-bond donors (Lipinski definition) is 1. The summed E-state index contributed by atoms with van der Waals surface area (Å²) in [5.74, 6) is -2.00. The maximum Gasteiger partial charge on any atom is 0.275 e. The molecule has 0 aliphatic carbocycles. The monoisotopic (exact) mass is 249 g/mol. The minimum absolute atomic E-state index is 0.0317. The number of amides is 1. The fourth-order valence-corrected chi connectivity index (χ4v) is 1.29. The molecule has 2 rings (SSSR count). The molecule has 2 aromatic rings. The minimum Gasteiger partial charge on any atom is -0.318 e. The van der Waals surface area contributed by atoms with E-state index < -0.39 is 17.5 Å². The summed E-state index contributed by atoms with van der Waals surface area (Å²) in [6, 6.07) is 2.80. The highest BCUT2D eigenvalue weighted by Gasteiger charge is 2.11. The van der Waals surface area contributed by atoms with E-state index >= 15 is 0 Å².